The standard InChI is InChI=1S/C23H25N3O4S2/c1-15-6-7-16(2)18(12-15)19-14-31-23(24-19)25-22(27)17-8-9-20(30-3)21(13-17)32(28,29)26-10-4-5-11-26/h6-9,12-14H,4-5,10-11H2,1-3H3,(H,24,25,27). The summed E-state index contributed by atoms with van der Waals surface area (Å²) in [4.78, 5) is 17.4. The summed E-state index contributed by atoms with van der Waals surface area (Å²) in [7, 11) is -2.32. The molecule has 1 aromatic heterocycles. The lowest BCUT2D eigenvalue weighted by atomic mass is 10.0. The molecule has 0 bridgehead atoms. The van der Waals surface area contributed by atoms with Gasteiger partial charge in [0.25, 0.3) is 5.91 Å². The number of benzene rings is 2. The zero-order chi connectivity index (χ0) is 22.9. The number of anilines is 1. The van der Waals surface area contributed by atoms with Gasteiger partial charge in [0.05, 0.1) is 12.8 Å². The van der Waals surface area contributed by atoms with Gasteiger partial charge in [-0.25, -0.2) is 13.4 Å². The summed E-state index contributed by atoms with van der Waals surface area (Å²) in [6, 6.07) is 10.6. The highest BCUT2D eigenvalue weighted by Gasteiger charge is 2.30. The Balaban J connectivity index is 1.59. The predicted octanol–water partition coefficient (Wildman–Crippen LogP) is 4.47. The third-order valence-electron chi connectivity index (χ3n) is 5.50. The first-order chi connectivity index (χ1) is 15.3. The lowest BCUT2D eigenvalue weighted by Crippen LogP contribution is -2.28. The minimum atomic E-state index is -3.74. The molecule has 1 N–H and O–H groups in total. The van der Waals surface area contributed by atoms with Gasteiger partial charge < -0.3 is 4.74 Å². The Bertz CT molecular complexity index is 1260. The lowest BCUT2D eigenvalue weighted by Gasteiger charge is -2.18. The molecule has 4 rings (SSSR count). The van der Waals surface area contributed by atoms with E-state index in [0.29, 0.717) is 18.2 Å². The summed E-state index contributed by atoms with van der Waals surface area (Å²) in [5.41, 5.74) is 4.27. The number of methoxy groups -OCH3 is 1. The number of nitrogens with zero attached hydrogens (tertiary/aromatic N) is 2. The van der Waals surface area contributed by atoms with E-state index in [-0.39, 0.29) is 16.2 Å². The number of aromatic nitrogens is 1. The van der Waals surface area contributed by atoms with Crippen LogP contribution in [-0.2, 0) is 10.0 Å². The number of sulfonamides is 1. The van der Waals surface area contributed by atoms with E-state index >= 15 is 0 Å². The van der Waals surface area contributed by atoms with Gasteiger partial charge in [0.15, 0.2) is 5.13 Å². The maximum Gasteiger partial charge on any atom is 0.257 e. The van der Waals surface area contributed by atoms with Crippen molar-refractivity contribution in [1.82, 2.24) is 9.29 Å². The molecule has 7 nitrogen and oxygen atoms in total. The number of amides is 1. The van der Waals surface area contributed by atoms with E-state index < -0.39 is 15.9 Å². The SMILES string of the molecule is COc1ccc(C(=O)Nc2nc(-c3cc(C)ccc3C)cs2)cc1S(=O)(=O)N1CCCC1. The zero-order valence-corrected chi connectivity index (χ0v) is 19.8. The first-order valence-corrected chi connectivity index (χ1v) is 12.6. The monoisotopic (exact) mass is 471 g/mol. The van der Waals surface area contributed by atoms with Gasteiger partial charge in [0.1, 0.15) is 10.6 Å². The van der Waals surface area contributed by atoms with E-state index in [1.165, 1.54) is 34.9 Å². The number of aryl methyl sites for hydroxylation is 2. The van der Waals surface area contributed by atoms with E-state index in [1.54, 1.807) is 6.07 Å². The molecule has 1 aliphatic heterocycles. The molecule has 32 heavy (non-hydrogen) atoms. The van der Waals surface area contributed by atoms with Crippen molar-refractivity contribution in [2.24, 2.45) is 0 Å². The largest absolute Gasteiger partial charge is 0.495 e. The lowest BCUT2D eigenvalue weighted by molar-refractivity contribution is 0.102. The quantitative estimate of drug-likeness (QED) is 0.573. The Morgan fingerprint density at radius 2 is 1.88 bits per heavy atom. The van der Waals surface area contributed by atoms with Gasteiger partial charge in [0, 0.05) is 29.6 Å². The Hall–Kier alpha value is -2.75. The smallest absolute Gasteiger partial charge is 0.257 e. The normalized spacial score (nSPS) is 14.5. The van der Waals surface area contributed by atoms with Crippen LogP contribution in [0.1, 0.15) is 34.3 Å². The fraction of sp³-hybridized carbons (Fsp3) is 0.304. The molecule has 0 unspecified atom stereocenters. The maximum atomic E-state index is 13.1. The average Bonchev–Trinajstić information content (AvgIpc) is 3.48. The van der Waals surface area contributed by atoms with Crippen LogP contribution in [0.3, 0.4) is 0 Å². The molecule has 2 aromatic carbocycles. The topological polar surface area (TPSA) is 88.6 Å². The molecule has 3 aromatic rings. The molecule has 1 fully saturated rings. The number of rotatable bonds is 6. The summed E-state index contributed by atoms with van der Waals surface area (Å²) in [6.45, 7) is 4.99. The number of carbonyl (C=O) groups excluding carboxylic acids is 1. The van der Waals surface area contributed by atoms with Crippen LogP contribution < -0.4 is 10.1 Å². The number of carbonyl (C=O) groups is 1. The van der Waals surface area contributed by atoms with Gasteiger partial charge in [0.2, 0.25) is 10.0 Å². The molecular weight excluding hydrogens is 446 g/mol. The van der Waals surface area contributed by atoms with Crippen molar-refractivity contribution in [3.63, 3.8) is 0 Å². The van der Waals surface area contributed by atoms with Crippen LogP contribution in [0.25, 0.3) is 11.3 Å². The molecule has 1 saturated heterocycles. The van der Waals surface area contributed by atoms with E-state index in [0.717, 1.165) is 35.2 Å². The van der Waals surface area contributed by atoms with Crippen molar-refractivity contribution in [3.05, 3.63) is 58.5 Å². The van der Waals surface area contributed by atoms with E-state index in [4.69, 9.17) is 4.74 Å². The van der Waals surface area contributed by atoms with Crippen LogP contribution in [0.5, 0.6) is 5.75 Å². The van der Waals surface area contributed by atoms with Gasteiger partial charge in [-0.3, -0.25) is 10.1 Å². The van der Waals surface area contributed by atoms with Gasteiger partial charge >= 0.3 is 0 Å². The summed E-state index contributed by atoms with van der Waals surface area (Å²) < 4.78 is 32.8. The van der Waals surface area contributed by atoms with E-state index in [9.17, 15) is 13.2 Å². The molecule has 0 aliphatic carbocycles. The molecular formula is C23H25N3O4S2. The Morgan fingerprint density at radius 1 is 1.12 bits per heavy atom. The van der Waals surface area contributed by atoms with Crippen LogP contribution in [0.4, 0.5) is 5.13 Å². The van der Waals surface area contributed by atoms with Crippen LogP contribution in [0.15, 0.2) is 46.7 Å². The fourth-order valence-electron chi connectivity index (χ4n) is 3.72. The fourth-order valence-corrected chi connectivity index (χ4v) is 6.13. The third kappa shape index (κ3) is 4.41. The van der Waals surface area contributed by atoms with Gasteiger partial charge in [-0.05, 0) is 56.5 Å². The van der Waals surface area contributed by atoms with Crippen molar-refractivity contribution in [3.8, 4) is 17.0 Å². The second-order valence-electron chi connectivity index (χ2n) is 7.79. The summed E-state index contributed by atoms with van der Waals surface area (Å²) in [5, 5.41) is 5.13. The average molecular weight is 472 g/mol. The van der Waals surface area contributed by atoms with Crippen molar-refractivity contribution >= 4 is 32.4 Å². The summed E-state index contributed by atoms with van der Waals surface area (Å²) in [6.07, 6.45) is 1.66. The van der Waals surface area contributed by atoms with Gasteiger partial charge in [-0.15, -0.1) is 11.3 Å². The number of ether oxygens (including phenoxy) is 1. The number of thiazole rings is 1. The van der Waals surface area contributed by atoms with Crippen LogP contribution in [-0.4, -0.2) is 43.8 Å². The van der Waals surface area contributed by atoms with Gasteiger partial charge in [-0.1, -0.05) is 17.7 Å². The second-order valence-corrected chi connectivity index (χ2v) is 10.6. The Kier molecular flexibility index (Phi) is 6.32. The first-order valence-electron chi connectivity index (χ1n) is 10.3. The Labute approximate surface area is 192 Å². The minimum absolute atomic E-state index is 0.00441. The number of nitrogens with one attached hydrogen (secondary N) is 1. The van der Waals surface area contributed by atoms with Crippen LogP contribution >= 0.6 is 11.3 Å². The molecule has 1 amide bonds. The first kappa shape index (κ1) is 22.4. The van der Waals surface area contributed by atoms with Crippen molar-refractivity contribution in [2.75, 3.05) is 25.5 Å². The molecule has 9 heteroatoms. The molecule has 0 atom stereocenters. The zero-order valence-electron chi connectivity index (χ0n) is 18.2. The molecule has 0 spiro atoms. The molecule has 0 radical (unpaired) electrons. The van der Waals surface area contributed by atoms with Crippen LogP contribution in [0.2, 0.25) is 0 Å². The summed E-state index contributed by atoms with van der Waals surface area (Å²) in [5.74, 6) is -0.202. The van der Waals surface area contributed by atoms with Crippen molar-refractivity contribution < 1.29 is 17.9 Å². The molecule has 168 valence electrons. The predicted molar refractivity (Wildman–Crippen MR) is 126 cm³/mol. The van der Waals surface area contributed by atoms with Crippen LogP contribution in [0, 0.1) is 13.8 Å². The maximum absolute atomic E-state index is 13.1. The Morgan fingerprint density at radius 3 is 2.59 bits per heavy atom. The highest BCUT2D eigenvalue weighted by Crippen LogP contribution is 2.31. The second kappa shape index (κ2) is 9.01. The highest BCUT2D eigenvalue weighted by molar-refractivity contribution is 7.89. The molecule has 2 heterocycles. The molecule has 0 saturated carbocycles. The number of hydrogen-bond donors (Lipinski definition) is 1. The number of hydrogen-bond acceptors (Lipinski definition) is 6. The van der Waals surface area contributed by atoms with E-state index in [1.807, 2.05) is 31.4 Å². The molecule has 1 aliphatic rings. The van der Waals surface area contributed by atoms with Gasteiger partial charge in [-0.2, -0.15) is 4.31 Å². The highest BCUT2D eigenvalue weighted by atomic mass is 32.2. The van der Waals surface area contributed by atoms with E-state index in [2.05, 4.69) is 16.4 Å². The minimum Gasteiger partial charge on any atom is -0.495 e. The van der Waals surface area contributed by atoms with Crippen molar-refractivity contribution in [1.29, 1.82) is 0 Å². The summed E-state index contributed by atoms with van der Waals surface area (Å²) >= 11 is 1.33. The third-order valence-corrected chi connectivity index (χ3v) is 8.18. The van der Waals surface area contributed by atoms with Crippen molar-refractivity contribution in [2.45, 2.75) is 31.6 Å².